The lowest BCUT2D eigenvalue weighted by molar-refractivity contribution is -0.123. The Balaban J connectivity index is 1.82. The lowest BCUT2D eigenvalue weighted by Crippen LogP contribution is -2.48. The standard InChI is InChI=1S/C24H25ClN2O3S/c1-17-8-14-22(15-9-17)31(29,30)27-23(16-19-6-4-3-5-7-19)24(28)26-18(2)20-10-12-21(25)13-11-20/h3-15,18,23,27H,16H2,1-2H3,(H,26,28)/t18-,23+/m0/s1. The van der Waals surface area contributed by atoms with Gasteiger partial charge in [-0.3, -0.25) is 4.79 Å². The van der Waals surface area contributed by atoms with E-state index in [-0.39, 0.29) is 17.4 Å². The first kappa shape index (κ1) is 23.0. The van der Waals surface area contributed by atoms with E-state index in [2.05, 4.69) is 10.0 Å². The van der Waals surface area contributed by atoms with Gasteiger partial charge < -0.3 is 5.32 Å². The number of carbonyl (C=O) groups excluding carboxylic acids is 1. The molecule has 162 valence electrons. The molecule has 0 fully saturated rings. The molecule has 0 saturated heterocycles. The van der Waals surface area contributed by atoms with Crippen LogP contribution in [0.2, 0.25) is 5.02 Å². The molecular formula is C24H25ClN2O3S. The van der Waals surface area contributed by atoms with Crippen LogP contribution in [-0.4, -0.2) is 20.4 Å². The zero-order chi connectivity index (χ0) is 22.4. The quantitative estimate of drug-likeness (QED) is 0.527. The minimum Gasteiger partial charge on any atom is -0.348 e. The van der Waals surface area contributed by atoms with Gasteiger partial charge in [-0.2, -0.15) is 4.72 Å². The van der Waals surface area contributed by atoms with Gasteiger partial charge in [0.1, 0.15) is 6.04 Å². The molecule has 0 saturated carbocycles. The summed E-state index contributed by atoms with van der Waals surface area (Å²) in [6, 6.07) is 21.7. The molecule has 5 nitrogen and oxygen atoms in total. The summed E-state index contributed by atoms with van der Waals surface area (Å²) in [5, 5.41) is 3.52. The van der Waals surface area contributed by atoms with Crippen LogP contribution in [0.15, 0.2) is 83.8 Å². The molecule has 3 rings (SSSR count). The third-order valence-corrected chi connectivity index (χ3v) is 6.70. The predicted octanol–water partition coefficient (Wildman–Crippen LogP) is 4.42. The van der Waals surface area contributed by atoms with Crippen molar-refractivity contribution >= 4 is 27.5 Å². The number of benzene rings is 3. The Morgan fingerprint density at radius 2 is 1.55 bits per heavy atom. The smallest absolute Gasteiger partial charge is 0.241 e. The molecule has 0 aromatic heterocycles. The van der Waals surface area contributed by atoms with Crippen molar-refractivity contribution in [3.63, 3.8) is 0 Å². The summed E-state index contributed by atoms with van der Waals surface area (Å²) in [6.07, 6.45) is 0.227. The van der Waals surface area contributed by atoms with Crippen molar-refractivity contribution in [2.24, 2.45) is 0 Å². The summed E-state index contributed by atoms with van der Waals surface area (Å²) in [6.45, 7) is 3.73. The van der Waals surface area contributed by atoms with E-state index in [1.165, 1.54) is 12.1 Å². The molecule has 2 N–H and O–H groups in total. The van der Waals surface area contributed by atoms with Gasteiger partial charge in [0.25, 0.3) is 0 Å². The molecule has 0 heterocycles. The van der Waals surface area contributed by atoms with Crippen molar-refractivity contribution in [2.45, 2.75) is 37.2 Å². The Labute approximate surface area is 188 Å². The molecule has 31 heavy (non-hydrogen) atoms. The van der Waals surface area contributed by atoms with Crippen LogP contribution < -0.4 is 10.0 Å². The number of carbonyl (C=O) groups is 1. The number of rotatable bonds is 8. The van der Waals surface area contributed by atoms with Gasteiger partial charge in [-0.1, -0.05) is 71.8 Å². The maximum atomic E-state index is 13.1. The highest BCUT2D eigenvalue weighted by Crippen LogP contribution is 2.17. The highest BCUT2D eigenvalue weighted by atomic mass is 35.5. The molecule has 0 spiro atoms. The topological polar surface area (TPSA) is 75.3 Å². The minimum atomic E-state index is -3.88. The summed E-state index contributed by atoms with van der Waals surface area (Å²) in [5.74, 6) is -0.401. The van der Waals surface area contributed by atoms with Gasteiger partial charge >= 0.3 is 0 Å². The van der Waals surface area contributed by atoms with Crippen LogP contribution in [0.1, 0.15) is 29.7 Å². The van der Waals surface area contributed by atoms with E-state index in [1.807, 2.05) is 56.3 Å². The Morgan fingerprint density at radius 3 is 2.16 bits per heavy atom. The van der Waals surface area contributed by atoms with E-state index in [0.717, 1.165) is 16.7 Å². The maximum absolute atomic E-state index is 13.1. The molecular weight excluding hydrogens is 432 g/mol. The Bertz CT molecular complexity index is 1120. The van der Waals surface area contributed by atoms with Gasteiger partial charge in [0.15, 0.2) is 0 Å². The lowest BCUT2D eigenvalue weighted by atomic mass is 10.0. The number of hydrogen-bond acceptors (Lipinski definition) is 3. The first-order chi connectivity index (χ1) is 14.7. The third-order valence-electron chi connectivity index (χ3n) is 4.96. The second-order valence-corrected chi connectivity index (χ2v) is 9.61. The Morgan fingerprint density at radius 1 is 0.935 bits per heavy atom. The highest BCUT2D eigenvalue weighted by Gasteiger charge is 2.27. The fourth-order valence-electron chi connectivity index (χ4n) is 3.16. The van der Waals surface area contributed by atoms with Crippen molar-refractivity contribution < 1.29 is 13.2 Å². The predicted molar refractivity (Wildman–Crippen MR) is 123 cm³/mol. The summed E-state index contributed by atoms with van der Waals surface area (Å²) in [5.41, 5.74) is 2.68. The molecule has 0 unspecified atom stereocenters. The SMILES string of the molecule is Cc1ccc(S(=O)(=O)N[C@H](Cc2ccccc2)C(=O)N[C@@H](C)c2ccc(Cl)cc2)cc1. The molecule has 2 atom stereocenters. The van der Waals surface area contributed by atoms with Crippen LogP contribution in [-0.2, 0) is 21.2 Å². The van der Waals surface area contributed by atoms with Crippen LogP contribution in [0.5, 0.6) is 0 Å². The fraction of sp³-hybridized carbons (Fsp3) is 0.208. The van der Waals surface area contributed by atoms with Crippen LogP contribution in [0.25, 0.3) is 0 Å². The summed E-state index contributed by atoms with van der Waals surface area (Å²) >= 11 is 5.94. The van der Waals surface area contributed by atoms with E-state index in [1.54, 1.807) is 24.3 Å². The fourth-order valence-corrected chi connectivity index (χ4v) is 4.48. The zero-order valence-corrected chi connectivity index (χ0v) is 19.0. The van der Waals surface area contributed by atoms with Crippen molar-refractivity contribution in [1.82, 2.24) is 10.0 Å². The van der Waals surface area contributed by atoms with Crippen molar-refractivity contribution in [2.75, 3.05) is 0 Å². The number of sulfonamides is 1. The second kappa shape index (κ2) is 10.1. The monoisotopic (exact) mass is 456 g/mol. The van der Waals surface area contributed by atoms with Crippen molar-refractivity contribution in [3.8, 4) is 0 Å². The van der Waals surface area contributed by atoms with E-state index in [9.17, 15) is 13.2 Å². The first-order valence-corrected chi connectivity index (χ1v) is 11.8. The van der Waals surface area contributed by atoms with E-state index in [4.69, 9.17) is 11.6 Å². The van der Waals surface area contributed by atoms with Gasteiger partial charge in [-0.25, -0.2) is 8.42 Å². The molecule has 7 heteroatoms. The molecule has 0 aliphatic heterocycles. The van der Waals surface area contributed by atoms with Crippen LogP contribution >= 0.6 is 11.6 Å². The average Bonchev–Trinajstić information content (AvgIpc) is 2.74. The van der Waals surface area contributed by atoms with Gasteiger partial charge in [0.2, 0.25) is 15.9 Å². The maximum Gasteiger partial charge on any atom is 0.241 e. The molecule has 0 bridgehead atoms. The number of amides is 1. The molecule has 1 amide bonds. The number of nitrogens with one attached hydrogen (secondary N) is 2. The third kappa shape index (κ3) is 6.40. The van der Waals surface area contributed by atoms with Crippen LogP contribution in [0.4, 0.5) is 0 Å². The second-order valence-electron chi connectivity index (χ2n) is 7.46. The molecule has 3 aromatic rings. The van der Waals surface area contributed by atoms with E-state index in [0.29, 0.717) is 5.02 Å². The summed E-state index contributed by atoms with van der Waals surface area (Å²) in [4.78, 5) is 13.2. The van der Waals surface area contributed by atoms with E-state index >= 15 is 0 Å². The summed E-state index contributed by atoms with van der Waals surface area (Å²) in [7, 11) is -3.88. The first-order valence-electron chi connectivity index (χ1n) is 9.93. The van der Waals surface area contributed by atoms with Gasteiger partial charge in [0.05, 0.1) is 10.9 Å². The zero-order valence-electron chi connectivity index (χ0n) is 17.4. The Kier molecular flexibility index (Phi) is 7.49. The minimum absolute atomic E-state index is 0.120. The molecule has 0 radical (unpaired) electrons. The largest absolute Gasteiger partial charge is 0.348 e. The lowest BCUT2D eigenvalue weighted by Gasteiger charge is -2.22. The Hall–Kier alpha value is -2.67. The van der Waals surface area contributed by atoms with E-state index < -0.39 is 22.0 Å². The van der Waals surface area contributed by atoms with Crippen LogP contribution in [0, 0.1) is 6.92 Å². The van der Waals surface area contributed by atoms with Crippen molar-refractivity contribution in [1.29, 1.82) is 0 Å². The van der Waals surface area contributed by atoms with Crippen molar-refractivity contribution in [3.05, 3.63) is 101 Å². The number of halogens is 1. The number of aryl methyl sites for hydroxylation is 1. The average molecular weight is 457 g/mol. The van der Waals surface area contributed by atoms with Gasteiger partial charge in [-0.15, -0.1) is 0 Å². The van der Waals surface area contributed by atoms with Gasteiger partial charge in [-0.05, 0) is 55.7 Å². The molecule has 0 aliphatic carbocycles. The highest BCUT2D eigenvalue weighted by molar-refractivity contribution is 7.89. The molecule has 0 aliphatic rings. The van der Waals surface area contributed by atoms with Gasteiger partial charge in [0, 0.05) is 5.02 Å². The number of hydrogen-bond donors (Lipinski definition) is 2. The molecule has 3 aromatic carbocycles. The van der Waals surface area contributed by atoms with Crippen LogP contribution in [0.3, 0.4) is 0 Å². The normalized spacial score (nSPS) is 13.4. The summed E-state index contributed by atoms with van der Waals surface area (Å²) < 4.78 is 28.5.